The summed E-state index contributed by atoms with van der Waals surface area (Å²) < 4.78 is 10.1. The number of rotatable bonds is 4. The van der Waals surface area contributed by atoms with Gasteiger partial charge in [0.1, 0.15) is 11.8 Å². The molecule has 2 heterocycles. The van der Waals surface area contributed by atoms with Crippen LogP contribution in [0.2, 0.25) is 0 Å². The molecule has 1 saturated heterocycles. The van der Waals surface area contributed by atoms with Crippen LogP contribution < -0.4 is 10.1 Å². The number of hydrogen-bond acceptors (Lipinski definition) is 5. The minimum atomic E-state index is -0.423. The minimum absolute atomic E-state index is 0.101. The molecular formula is C13H19N3O4. The van der Waals surface area contributed by atoms with Crippen LogP contribution in [0.5, 0.6) is 5.88 Å². The van der Waals surface area contributed by atoms with E-state index in [9.17, 15) is 9.59 Å². The molecule has 1 aliphatic heterocycles. The molecule has 7 nitrogen and oxygen atoms in total. The number of ether oxygens (including phenoxy) is 1. The van der Waals surface area contributed by atoms with Crippen molar-refractivity contribution in [1.29, 1.82) is 0 Å². The van der Waals surface area contributed by atoms with Gasteiger partial charge in [0.2, 0.25) is 5.91 Å². The van der Waals surface area contributed by atoms with Crippen molar-refractivity contribution in [3.63, 3.8) is 0 Å². The molecule has 1 aromatic heterocycles. The molecule has 0 aliphatic carbocycles. The predicted octanol–water partition coefficient (Wildman–Crippen LogP) is 0.489. The molecule has 20 heavy (non-hydrogen) atoms. The fraction of sp³-hybridized carbons (Fsp3) is 0.615. The Morgan fingerprint density at radius 3 is 3.10 bits per heavy atom. The second-order valence-corrected chi connectivity index (χ2v) is 4.72. The molecule has 0 bridgehead atoms. The summed E-state index contributed by atoms with van der Waals surface area (Å²) >= 11 is 0. The zero-order chi connectivity index (χ0) is 14.5. The fourth-order valence-corrected chi connectivity index (χ4v) is 2.21. The van der Waals surface area contributed by atoms with Crippen LogP contribution in [-0.2, 0) is 9.59 Å². The number of aromatic nitrogens is 1. The second-order valence-electron chi connectivity index (χ2n) is 4.72. The van der Waals surface area contributed by atoms with Crippen molar-refractivity contribution in [2.24, 2.45) is 0 Å². The van der Waals surface area contributed by atoms with E-state index < -0.39 is 6.04 Å². The van der Waals surface area contributed by atoms with Gasteiger partial charge in [-0.05, 0) is 24.9 Å². The molecule has 110 valence electrons. The van der Waals surface area contributed by atoms with Gasteiger partial charge >= 0.3 is 0 Å². The van der Waals surface area contributed by atoms with Crippen molar-refractivity contribution in [2.75, 3.05) is 19.7 Å². The lowest BCUT2D eigenvalue weighted by Gasteiger charge is -2.27. The SMILES string of the molecule is CC[C@@H]1C(=O)NCCCN1C(=O)COc1cc(C)on1. The Bertz CT molecular complexity index is 486. The highest BCUT2D eigenvalue weighted by molar-refractivity contribution is 5.88. The molecule has 7 heteroatoms. The first-order valence-electron chi connectivity index (χ1n) is 6.75. The lowest BCUT2D eigenvalue weighted by Crippen LogP contribution is -2.48. The largest absolute Gasteiger partial charge is 0.465 e. The van der Waals surface area contributed by atoms with Crippen LogP contribution >= 0.6 is 0 Å². The number of aryl methyl sites for hydroxylation is 1. The second kappa shape index (κ2) is 6.40. The Hall–Kier alpha value is -2.05. The molecule has 2 amide bonds. The van der Waals surface area contributed by atoms with E-state index in [0.29, 0.717) is 25.3 Å². The summed E-state index contributed by atoms with van der Waals surface area (Å²) in [5.41, 5.74) is 0. The number of carbonyl (C=O) groups is 2. The molecule has 1 aliphatic rings. The van der Waals surface area contributed by atoms with Crippen molar-refractivity contribution >= 4 is 11.8 Å². The molecule has 0 spiro atoms. The Labute approximate surface area is 117 Å². The van der Waals surface area contributed by atoms with Gasteiger partial charge in [0.15, 0.2) is 6.61 Å². The van der Waals surface area contributed by atoms with Crippen molar-refractivity contribution in [2.45, 2.75) is 32.7 Å². The van der Waals surface area contributed by atoms with E-state index in [0.717, 1.165) is 6.42 Å². The van der Waals surface area contributed by atoms with Gasteiger partial charge in [0.05, 0.1) is 0 Å². The summed E-state index contributed by atoms with van der Waals surface area (Å²) in [6.07, 6.45) is 1.33. The first-order valence-corrected chi connectivity index (χ1v) is 6.75. The smallest absolute Gasteiger partial charge is 0.261 e. The number of hydrogen-bond donors (Lipinski definition) is 1. The normalized spacial score (nSPS) is 19.4. The van der Waals surface area contributed by atoms with Crippen LogP contribution in [0.25, 0.3) is 0 Å². The minimum Gasteiger partial charge on any atom is -0.465 e. The van der Waals surface area contributed by atoms with E-state index in [1.165, 1.54) is 0 Å². The Morgan fingerprint density at radius 2 is 2.45 bits per heavy atom. The van der Waals surface area contributed by atoms with Gasteiger partial charge < -0.3 is 19.5 Å². The number of carbonyl (C=O) groups excluding carboxylic acids is 2. The first kappa shape index (κ1) is 14.4. The number of nitrogens with zero attached hydrogens (tertiary/aromatic N) is 2. The number of nitrogens with one attached hydrogen (secondary N) is 1. The van der Waals surface area contributed by atoms with Gasteiger partial charge in [-0.3, -0.25) is 9.59 Å². The maximum absolute atomic E-state index is 12.2. The van der Waals surface area contributed by atoms with Gasteiger partial charge in [-0.15, -0.1) is 0 Å². The molecule has 1 N–H and O–H groups in total. The fourth-order valence-electron chi connectivity index (χ4n) is 2.21. The van der Waals surface area contributed by atoms with Crippen LogP contribution in [0.15, 0.2) is 10.6 Å². The molecule has 1 fully saturated rings. The van der Waals surface area contributed by atoms with Gasteiger partial charge in [-0.25, -0.2) is 0 Å². The van der Waals surface area contributed by atoms with Crippen LogP contribution in [0.1, 0.15) is 25.5 Å². The van der Waals surface area contributed by atoms with Gasteiger partial charge in [-0.1, -0.05) is 6.92 Å². The van der Waals surface area contributed by atoms with Gasteiger partial charge in [0.25, 0.3) is 11.8 Å². The van der Waals surface area contributed by atoms with Crippen LogP contribution in [0.3, 0.4) is 0 Å². The molecule has 0 radical (unpaired) electrons. The summed E-state index contributed by atoms with van der Waals surface area (Å²) in [6.45, 7) is 4.64. The quantitative estimate of drug-likeness (QED) is 0.868. The molecule has 1 aromatic rings. The summed E-state index contributed by atoms with van der Waals surface area (Å²) in [5, 5.41) is 6.46. The zero-order valence-corrected chi connectivity index (χ0v) is 11.7. The van der Waals surface area contributed by atoms with E-state index in [2.05, 4.69) is 10.5 Å². The average molecular weight is 281 g/mol. The van der Waals surface area contributed by atoms with E-state index in [-0.39, 0.29) is 24.3 Å². The van der Waals surface area contributed by atoms with E-state index in [4.69, 9.17) is 9.26 Å². The Kier molecular flexibility index (Phi) is 4.60. The van der Waals surface area contributed by atoms with Gasteiger partial charge in [-0.2, -0.15) is 0 Å². The van der Waals surface area contributed by atoms with Crippen LogP contribution in [-0.4, -0.2) is 47.6 Å². The van der Waals surface area contributed by atoms with E-state index in [1.807, 2.05) is 6.92 Å². The average Bonchev–Trinajstić information content (AvgIpc) is 2.75. The number of amides is 2. The monoisotopic (exact) mass is 281 g/mol. The van der Waals surface area contributed by atoms with E-state index in [1.54, 1.807) is 17.9 Å². The van der Waals surface area contributed by atoms with Crippen LogP contribution in [0, 0.1) is 6.92 Å². The third-order valence-corrected chi connectivity index (χ3v) is 3.21. The summed E-state index contributed by atoms with van der Waals surface area (Å²) in [5.74, 6) is 0.585. The standard InChI is InChI=1S/C13H19N3O4/c1-3-10-13(18)14-5-4-6-16(10)12(17)8-19-11-7-9(2)20-15-11/h7,10H,3-6,8H2,1-2H3,(H,14,18)/t10-/m1/s1. The van der Waals surface area contributed by atoms with Gasteiger partial charge in [0, 0.05) is 19.2 Å². The topological polar surface area (TPSA) is 84.7 Å². The molecule has 0 unspecified atom stereocenters. The van der Waals surface area contributed by atoms with E-state index >= 15 is 0 Å². The molecule has 1 atom stereocenters. The van der Waals surface area contributed by atoms with Crippen molar-refractivity contribution < 1.29 is 18.8 Å². The molecule has 2 rings (SSSR count). The maximum atomic E-state index is 12.2. The summed E-state index contributed by atoms with van der Waals surface area (Å²) in [6, 6.07) is 1.19. The molecule has 0 aromatic carbocycles. The lowest BCUT2D eigenvalue weighted by atomic mass is 10.2. The van der Waals surface area contributed by atoms with Crippen molar-refractivity contribution in [1.82, 2.24) is 15.4 Å². The maximum Gasteiger partial charge on any atom is 0.261 e. The Balaban J connectivity index is 1.97. The molecular weight excluding hydrogens is 262 g/mol. The summed E-state index contributed by atoms with van der Waals surface area (Å²) in [7, 11) is 0. The van der Waals surface area contributed by atoms with Crippen molar-refractivity contribution in [3.8, 4) is 5.88 Å². The molecule has 0 saturated carbocycles. The predicted molar refractivity (Wildman–Crippen MR) is 70.2 cm³/mol. The highest BCUT2D eigenvalue weighted by atomic mass is 16.5. The summed E-state index contributed by atoms with van der Waals surface area (Å²) in [4.78, 5) is 25.7. The highest BCUT2D eigenvalue weighted by Crippen LogP contribution is 2.12. The lowest BCUT2D eigenvalue weighted by molar-refractivity contribution is -0.141. The third kappa shape index (κ3) is 3.28. The zero-order valence-electron chi connectivity index (χ0n) is 11.7. The van der Waals surface area contributed by atoms with Crippen molar-refractivity contribution in [3.05, 3.63) is 11.8 Å². The third-order valence-electron chi connectivity index (χ3n) is 3.21. The van der Waals surface area contributed by atoms with Crippen LogP contribution in [0.4, 0.5) is 0 Å². The first-order chi connectivity index (χ1) is 9.61. The Morgan fingerprint density at radius 1 is 1.65 bits per heavy atom. The highest BCUT2D eigenvalue weighted by Gasteiger charge is 2.30.